The second-order valence-electron chi connectivity index (χ2n) is 14.7. The van der Waals surface area contributed by atoms with Gasteiger partial charge < -0.3 is 19.7 Å². The predicted molar refractivity (Wildman–Crippen MR) is 171 cm³/mol. The molecule has 1 aliphatic heterocycles. The fourth-order valence-electron chi connectivity index (χ4n) is 5.15. The van der Waals surface area contributed by atoms with Crippen LogP contribution in [0.3, 0.4) is 0 Å². The van der Waals surface area contributed by atoms with Gasteiger partial charge in [0.05, 0.1) is 0 Å². The Hall–Kier alpha value is -3.53. The Morgan fingerprint density at radius 2 is 1.55 bits per heavy atom. The van der Waals surface area contributed by atoms with Gasteiger partial charge in [0.15, 0.2) is 5.54 Å². The highest BCUT2D eigenvalue weighted by Gasteiger charge is 2.58. The third-order valence-corrected chi connectivity index (χ3v) is 7.65. The summed E-state index contributed by atoms with van der Waals surface area (Å²) >= 11 is 1.27. The van der Waals surface area contributed by atoms with E-state index in [0.717, 1.165) is 5.56 Å². The van der Waals surface area contributed by atoms with Crippen molar-refractivity contribution in [3.63, 3.8) is 0 Å². The van der Waals surface area contributed by atoms with Crippen LogP contribution in [0, 0.1) is 5.92 Å². The van der Waals surface area contributed by atoms with Crippen molar-refractivity contribution in [1.82, 2.24) is 15.2 Å². The lowest BCUT2D eigenvalue weighted by molar-refractivity contribution is -0.166. The van der Waals surface area contributed by atoms with Crippen molar-refractivity contribution in [3.05, 3.63) is 63.6 Å². The number of ether oxygens (including phenoxy) is 2. The van der Waals surface area contributed by atoms with Crippen LogP contribution in [-0.4, -0.2) is 56.9 Å². The average molecular weight is 626 g/mol. The molecule has 2 aromatic rings. The Bertz CT molecular complexity index is 1390. The highest BCUT2D eigenvalue weighted by atomic mass is 32.1. The zero-order valence-corrected chi connectivity index (χ0v) is 28.7. The zero-order chi connectivity index (χ0) is 33.3. The monoisotopic (exact) mass is 625 g/mol. The molecule has 0 radical (unpaired) electrons. The Morgan fingerprint density at radius 3 is 2.02 bits per heavy atom. The van der Waals surface area contributed by atoms with Gasteiger partial charge in [-0.1, -0.05) is 46.8 Å². The molecule has 1 aromatic heterocycles. The summed E-state index contributed by atoms with van der Waals surface area (Å²) in [6.07, 6.45) is 3.32. The number of hydrogen-bond acceptors (Lipinski definition) is 8. The molecular weight excluding hydrogens is 578 g/mol. The fourth-order valence-corrected chi connectivity index (χ4v) is 5.89. The summed E-state index contributed by atoms with van der Waals surface area (Å²) < 4.78 is 11.3. The second-order valence-corrected chi connectivity index (χ2v) is 15.6. The van der Waals surface area contributed by atoms with Crippen LogP contribution in [0.25, 0.3) is 0 Å². The van der Waals surface area contributed by atoms with E-state index in [4.69, 9.17) is 9.47 Å². The molecule has 0 fully saturated rings. The Balaban J connectivity index is 2.21. The van der Waals surface area contributed by atoms with Gasteiger partial charge in [-0.15, -0.1) is 11.3 Å². The summed E-state index contributed by atoms with van der Waals surface area (Å²) in [5.41, 5.74) is -1.81. The molecule has 240 valence electrons. The molecule has 0 unspecified atom stereocenters. The number of benzene rings is 1. The number of rotatable bonds is 8. The van der Waals surface area contributed by atoms with Gasteiger partial charge in [0, 0.05) is 22.7 Å². The number of nitrogens with one attached hydrogen (secondary N) is 1. The second kappa shape index (κ2) is 12.8. The normalized spacial score (nSPS) is 19.0. The molecule has 44 heavy (non-hydrogen) atoms. The number of aromatic nitrogens is 1. The van der Waals surface area contributed by atoms with Gasteiger partial charge in [-0.3, -0.25) is 14.4 Å². The average Bonchev–Trinajstić information content (AvgIpc) is 3.51. The lowest BCUT2D eigenvalue weighted by Gasteiger charge is -2.41. The van der Waals surface area contributed by atoms with E-state index < -0.39 is 46.5 Å². The maximum absolute atomic E-state index is 14.6. The lowest BCUT2D eigenvalue weighted by Crippen LogP contribution is -2.56. The van der Waals surface area contributed by atoms with Crippen molar-refractivity contribution in [2.75, 3.05) is 6.54 Å². The molecule has 1 aliphatic rings. The molecule has 1 aromatic carbocycles. The van der Waals surface area contributed by atoms with Gasteiger partial charge in [0.2, 0.25) is 5.91 Å². The summed E-state index contributed by atoms with van der Waals surface area (Å²) in [6, 6.07) is 6.30. The highest BCUT2D eigenvalue weighted by molar-refractivity contribution is 7.09. The molecule has 0 aliphatic carbocycles. The van der Waals surface area contributed by atoms with E-state index in [1.807, 2.05) is 26.0 Å². The van der Waals surface area contributed by atoms with Gasteiger partial charge >= 0.3 is 11.9 Å². The zero-order valence-electron chi connectivity index (χ0n) is 27.9. The van der Waals surface area contributed by atoms with E-state index >= 15 is 0 Å². The maximum Gasteiger partial charge on any atom is 0.336 e. The molecule has 0 bridgehead atoms. The van der Waals surface area contributed by atoms with E-state index in [1.54, 1.807) is 71.3 Å². The summed E-state index contributed by atoms with van der Waals surface area (Å²) in [5, 5.41) is 4.85. The van der Waals surface area contributed by atoms with Crippen molar-refractivity contribution in [2.24, 2.45) is 5.92 Å². The first-order chi connectivity index (χ1) is 20.1. The van der Waals surface area contributed by atoms with Crippen LogP contribution in [0.15, 0.2) is 47.5 Å². The first kappa shape index (κ1) is 35.0. The summed E-state index contributed by atoms with van der Waals surface area (Å²) in [4.78, 5) is 61.2. The van der Waals surface area contributed by atoms with Crippen molar-refractivity contribution in [1.29, 1.82) is 0 Å². The van der Waals surface area contributed by atoms with E-state index in [-0.39, 0.29) is 29.9 Å². The molecule has 1 N–H and O–H groups in total. The number of nitrogens with zero attached hydrogens (tertiary/aromatic N) is 2. The summed E-state index contributed by atoms with van der Waals surface area (Å²) in [5.74, 6) is -2.37. The van der Waals surface area contributed by atoms with Crippen LogP contribution in [-0.2, 0) is 29.3 Å². The Labute approximate surface area is 265 Å². The number of thiazole rings is 1. The van der Waals surface area contributed by atoms with E-state index in [1.165, 1.54) is 16.2 Å². The molecule has 0 spiro atoms. The van der Waals surface area contributed by atoms with Gasteiger partial charge in [0.25, 0.3) is 5.91 Å². The number of amides is 2. The van der Waals surface area contributed by atoms with Crippen LogP contribution in [0.2, 0.25) is 0 Å². The summed E-state index contributed by atoms with van der Waals surface area (Å²) in [7, 11) is 0. The van der Waals surface area contributed by atoms with Crippen LogP contribution >= 0.6 is 11.3 Å². The molecular formula is C34H47N3O6S. The molecule has 0 saturated heterocycles. The number of carbonyl (C=O) groups excluding carboxylic acids is 4. The van der Waals surface area contributed by atoms with Crippen LogP contribution in [0.5, 0.6) is 0 Å². The van der Waals surface area contributed by atoms with Crippen molar-refractivity contribution < 1.29 is 28.7 Å². The molecule has 2 heterocycles. The molecule has 0 saturated carbocycles. The van der Waals surface area contributed by atoms with Gasteiger partial charge in [-0.2, -0.15) is 0 Å². The van der Waals surface area contributed by atoms with E-state index in [0.29, 0.717) is 10.6 Å². The minimum atomic E-state index is -1.63. The predicted octanol–water partition coefficient (Wildman–Crippen LogP) is 6.15. The number of hydrogen-bond donors (Lipinski definition) is 1. The van der Waals surface area contributed by atoms with Crippen LogP contribution in [0.4, 0.5) is 0 Å². The quantitative estimate of drug-likeness (QED) is 0.350. The van der Waals surface area contributed by atoms with Crippen molar-refractivity contribution >= 4 is 35.1 Å². The lowest BCUT2D eigenvalue weighted by atomic mass is 9.85. The maximum atomic E-state index is 14.6. The molecule has 3 rings (SSSR count). The number of esters is 2. The Kier molecular flexibility index (Phi) is 10.2. The van der Waals surface area contributed by atoms with Gasteiger partial charge in [-0.05, 0) is 83.1 Å². The van der Waals surface area contributed by atoms with Crippen LogP contribution < -0.4 is 5.32 Å². The smallest absolute Gasteiger partial charge is 0.336 e. The number of carbonyl (C=O) groups is 4. The van der Waals surface area contributed by atoms with Gasteiger partial charge in [-0.25, -0.2) is 9.78 Å². The van der Waals surface area contributed by atoms with Crippen molar-refractivity contribution in [2.45, 2.75) is 111 Å². The fraction of sp³-hybridized carbons (Fsp3) is 0.559. The minimum absolute atomic E-state index is 0.0709. The third kappa shape index (κ3) is 8.34. The molecule has 2 amide bonds. The SMILES string of the molecule is CC(C)C[C@@]1(C(=O)OC(C)(C)C)C=C(C(=O)NCC(=O)OC(C)(C)C)[C@H](c2nccs2)N1C(=O)c1ccc(C(C)(C)C)cc1. The standard InChI is InChI=1S/C34H47N3O6S/c1-21(2)18-34(30(41)43-33(9,10)11)19-24(27(39)36-20-25(38)42-32(6,7)8)26(28-35-16-17-44-28)37(34)29(40)22-12-14-23(15-13-22)31(3,4)5/h12-17,19,21,26H,18,20H2,1-11H3,(H,36,39)/t26-,34+/m1/s1. The van der Waals surface area contributed by atoms with Gasteiger partial charge in [0.1, 0.15) is 28.8 Å². The minimum Gasteiger partial charge on any atom is -0.459 e. The first-order valence-corrected chi connectivity index (χ1v) is 15.8. The first-order valence-electron chi connectivity index (χ1n) is 14.9. The molecule has 2 atom stereocenters. The van der Waals surface area contributed by atoms with Crippen molar-refractivity contribution in [3.8, 4) is 0 Å². The topological polar surface area (TPSA) is 115 Å². The highest BCUT2D eigenvalue weighted by Crippen LogP contribution is 2.47. The van der Waals surface area contributed by atoms with E-state index in [2.05, 4.69) is 31.1 Å². The van der Waals surface area contributed by atoms with E-state index in [9.17, 15) is 19.2 Å². The third-order valence-electron chi connectivity index (χ3n) is 6.83. The molecule has 10 heteroatoms. The summed E-state index contributed by atoms with van der Waals surface area (Å²) in [6.45, 7) is 20.3. The van der Waals surface area contributed by atoms with Crippen LogP contribution in [0.1, 0.15) is 110 Å². The Morgan fingerprint density at radius 1 is 0.955 bits per heavy atom. The molecule has 9 nitrogen and oxygen atoms in total. The largest absolute Gasteiger partial charge is 0.459 e.